The van der Waals surface area contributed by atoms with Gasteiger partial charge in [-0.15, -0.1) is 0 Å². The number of nitrogens with one attached hydrogen (secondary N) is 1. The lowest BCUT2D eigenvalue weighted by Gasteiger charge is -2.25. The Labute approximate surface area is 175 Å². The Hall–Kier alpha value is -2.85. The van der Waals surface area contributed by atoms with E-state index in [0.29, 0.717) is 5.75 Å². The lowest BCUT2D eigenvalue weighted by molar-refractivity contribution is -0.120. The summed E-state index contributed by atoms with van der Waals surface area (Å²) in [5, 5.41) is 2.67. The van der Waals surface area contributed by atoms with Crippen molar-refractivity contribution >= 4 is 21.6 Å². The minimum atomic E-state index is -4.18. The molecule has 2 aromatic rings. The van der Waals surface area contributed by atoms with E-state index in [1.54, 1.807) is 6.92 Å². The Balaban J connectivity index is 2.44. The molecule has 0 saturated carbocycles. The molecule has 164 valence electrons. The number of carbonyl (C=O) groups is 1. The molecule has 30 heavy (non-hydrogen) atoms. The highest BCUT2D eigenvalue weighted by Gasteiger charge is 2.28. The molecule has 2 rings (SSSR count). The van der Waals surface area contributed by atoms with E-state index in [0.717, 1.165) is 16.4 Å². The van der Waals surface area contributed by atoms with E-state index in [1.165, 1.54) is 51.7 Å². The van der Waals surface area contributed by atoms with Gasteiger partial charge < -0.3 is 19.5 Å². The first-order valence-electron chi connectivity index (χ1n) is 9.01. The van der Waals surface area contributed by atoms with Crippen molar-refractivity contribution in [1.82, 2.24) is 5.32 Å². The van der Waals surface area contributed by atoms with Gasteiger partial charge >= 0.3 is 0 Å². The standard InChI is InChI=1S/C20H25FN2O6S/c1-14(13-27-2)22-20(24)12-23(16-7-5-15(21)6-8-16)30(25,26)17-9-10-18(28-3)19(11-17)29-4/h5-11,14H,12-13H2,1-4H3,(H,22,24)/t14-/m0/s1. The van der Waals surface area contributed by atoms with Crippen LogP contribution in [-0.4, -0.2) is 54.8 Å². The zero-order valence-corrected chi connectivity index (χ0v) is 18.0. The van der Waals surface area contributed by atoms with Gasteiger partial charge in [-0.05, 0) is 43.3 Å². The lowest BCUT2D eigenvalue weighted by atomic mass is 10.3. The third kappa shape index (κ3) is 5.61. The summed E-state index contributed by atoms with van der Waals surface area (Å²) in [6, 6.07) is 8.61. The Bertz CT molecular complexity index is 966. The van der Waals surface area contributed by atoms with Crippen molar-refractivity contribution < 1.29 is 31.8 Å². The van der Waals surface area contributed by atoms with Crippen molar-refractivity contribution in [3.8, 4) is 11.5 Å². The molecule has 8 nitrogen and oxygen atoms in total. The molecule has 1 N–H and O–H groups in total. The van der Waals surface area contributed by atoms with Crippen LogP contribution in [0.4, 0.5) is 10.1 Å². The van der Waals surface area contributed by atoms with Gasteiger partial charge in [0, 0.05) is 19.2 Å². The monoisotopic (exact) mass is 440 g/mol. The number of benzene rings is 2. The van der Waals surface area contributed by atoms with Crippen LogP contribution in [0.3, 0.4) is 0 Å². The predicted octanol–water partition coefficient (Wildman–Crippen LogP) is 2.19. The summed E-state index contributed by atoms with van der Waals surface area (Å²) >= 11 is 0. The Morgan fingerprint density at radius 3 is 2.27 bits per heavy atom. The molecule has 10 heteroatoms. The van der Waals surface area contributed by atoms with Crippen molar-refractivity contribution in [1.29, 1.82) is 0 Å². The lowest BCUT2D eigenvalue weighted by Crippen LogP contribution is -2.44. The Morgan fingerprint density at radius 2 is 1.70 bits per heavy atom. The number of sulfonamides is 1. The van der Waals surface area contributed by atoms with Crippen molar-refractivity contribution in [3.63, 3.8) is 0 Å². The fourth-order valence-electron chi connectivity index (χ4n) is 2.77. The van der Waals surface area contributed by atoms with Gasteiger partial charge in [0.25, 0.3) is 10.0 Å². The number of ether oxygens (including phenoxy) is 3. The molecule has 0 bridgehead atoms. The number of nitrogens with zero attached hydrogens (tertiary/aromatic N) is 1. The molecule has 0 aliphatic rings. The first-order valence-corrected chi connectivity index (χ1v) is 10.5. The predicted molar refractivity (Wildman–Crippen MR) is 110 cm³/mol. The molecule has 0 spiro atoms. The van der Waals surface area contributed by atoms with Gasteiger partial charge in [0.15, 0.2) is 11.5 Å². The van der Waals surface area contributed by atoms with Crippen LogP contribution in [-0.2, 0) is 19.6 Å². The van der Waals surface area contributed by atoms with Crippen LogP contribution in [0.15, 0.2) is 47.4 Å². The van der Waals surface area contributed by atoms with Gasteiger partial charge in [0.05, 0.1) is 31.4 Å². The molecule has 1 atom stereocenters. The summed E-state index contributed by atoms with van der Waals surface area (Å²) in [5.41, 5.74) is 0.140. The first kappa shape index (κ1) is 23.4. The molecule has 0 radical (unpaired) electrons. The number of amides is 1. The van der Waals surface area contributed by atoms with Gasteiger partial charge in [-0.1, -0.05) is 0 Å². The van der Waals surface area contributed by atoms with Crippen molar-refractivity contribution in [2.75, 3.05) is 38.8 Å². The maximum atomic E-state index is 13.4. The maximum absolute atomic E-state index is 13.4. The summed E-state index contributed by atoms with van der Waals surface area (Å²) in [4.78, 5) is 12.4. The van der Waals surface area contributed by atoms with Crippen LogP contribution < -0.4 is 19.1 Å². The molecular formula is C20H25FN2O6S. The molecule has 2 aromatic carbocycles. The fourth-order valence-corrected chi connectivity index (χ4v) is 4.21. The number of hydrogen-bond acceptors (Lipinski definition) is 6. The second-order valence-electron chi connectivity index (χ2n) is 6.43. The highest BCUT2D eigenvalue weighted by atomic mass is 32.2. The van der Waals surface area contributed by atoms with Gasteiger partial charge in [-0.3, -0.25) is 9.10 Å². The zero-order chi connectivity index (χ0) is 22.3. The van der Waals surface area contributed by atoms with Crippen LogP contribution >= 0.6 is 0 Å². The second-order valence-corrected chi connectivity index (χ2v) is 8.29. The smallest absolute Gasteiger partial charge is 0.264 e. The molecule has 0 unspecified atom stereocenters. The zero-order valence-electron chi connectivity index (χ0n) is 17.2. The van der Waals surface area contributed by atoms with Gasteiger partial charge in [-0.2, -0.15) is 0 Å². The normalized spacial score (nSPS) is 12.2. The van der Waals surface area contributed by atoms with Crippen LogP contribution in [0.1, 0.15) is 6.92 Å². The largest absolute Gasteiger partial charge is 0.493 e. The molecular weight excluding hydrogens is 415 g/mol. The molecule has 0 aromatic heterocycles. The third-order valence-corrected chi connectivity index (χ3v) is 5.94. The molecule has 0 saturated heterocycles. The van der Waals surface area contributed by atoms with Crippen LogP contribution in [0.25, 0.3) is 0 Å². The van der Waals surface area contributed by atoms with Crippen LogP contribution in [0.5, 0.6) is 11.5 Å². The molecule has 1 amide bonds. The van der Waals surface area contributed by atoms with E-state index in [2.05, 4.69) is 5.32 Å². The number of carbonyl (C=O) groups excluding carboxylic acids is 1. The molecule has 0 heterocycles. The van der Waals surface area contributed by atoms with E-state index in [1.807, 2.05) is 0 Å². The average Bonchev–Trinajstić information content (AvgIpc) is 2.72. The third-order valence-electron chi connectivity index (χ3n) is 4.17. The fraction of sp³-hybridized carbons (Fsp3) is 0.350. The molecule has 0 aliphatic heterocycles. The van der Waals surface area contributed by atoms with E-state index in [4.69, 9.17) is 14.2 Å². The van der Waals surface area contributed by atoms with Crippen molar-refractivity contribution in [3.05, 3.63) is 48.3 Å². The number of halogens is 1. The second kappa shape index (κ2) is 10.3. The van der Waals surface area contributed by atoms with E-state index in [9.17, 15) is 17.6 Å². The van der Waals surface area contributed by atoms with Crippen molar-refractivity contribution in [2.45, 2.75) is 17.9 Å². The SMILES string of the molecule is COC[C@H](C)NC(=O)CN(c1ccc(F)cc1)S(=O)(=O)c1ccc(OC)c(OC)c1. The number of methoxy groups -OCH3 is 3. The Morgan fingerprint density at radius 1 is 1.07 bits per heavy atom. The number of hydrogen-bond donors (Lipinski definition) is 1. The van der Waals surface area contributed by atoms with Crippen LogP contribution in [0.2, 0.25) is 0 Å². The number of rotatable bonds is 10. The summed E-state index contributed by atoms with van der Waals surface area (Å²) in [6.45, 7) is 1.49. The summed E-state index contributed by atoms with van der Waals surface area (Å²) in [5.74, 6) is -0.486. The summed E-state index contributed by atoms with van der Waals surface area (Å²) < 4.78 is 56.3. The highest BCUT2D eigenvalue weighted by molar-refractivity contribution is 7.92. The number of anilines is 1. The van der Waals surface area contributed by atoms with Gasteiger partial charge in [-0.25, -0.2) is 12.8 Å². The van der Waals surface area contributed by atoms with Gasteiger partial charge in [0.2, 0.25) is 5.91 Å². The summed E-state index contributed by atoms with van der Waals surface area (Å²) in [7, 11) is 0.129. The quantitative estimate of drug-likeness (QED) is 0.609. The minimum Gasteiger partial charge on any atom is -0.493 e. The Kier molecular flexibility index (Phi) is 8.01. The van der Waals surface area contributed by atoms with E-state index >= 15 is 0 Å². The maximum Gasteiger partial charge on any atom is 0.264 e. The summed E-state index contributed by atoms with van der Waals surface area (Å²) in [6.07, 6.45) is 0. The first-order chi connectivity index (χ1) is 14.2. The topological polar surface area (TPSA) is 94.2 Å². The molecule has 0 fully saturated rings. The van der Waals surface area contributed by atoms with E-state index in [-0.39, 0.29) is 29.0 Å². The van der Waals surface area contributed by atoms with Gasteiger partial charge in [0.1, 0.15) is 12.4 Å². The minimum absolute atomic E-state index is 0.109. The highest BCUT2D eigenvalue weighted by Crippen LogP contribution is 2.32. The van der Waals surface area contributed by atoms with Crippen molar-refractivity contribution in [2.24, 2.45) is 0 Å². The average molecular weight is 440 g/mol. The molecule has 0 aliphatic carbocycles. The van der Waals surface area contributed by atoms with Crippen LogP contribution in [0, 0.1) is 5.82 Å². The van der Waals surface area contributed by atoms with E-state index < -0.39 is 28.3 Å².